The first kappa shape index (κ1) is 10.1. The van der Waals surface area contributed by atoms with Gasteiger partial charge in [0.2, 0.25) is 0 Å². The van der Waals surface area contributed by atoms with Gasteiger partial charge in [0.1, 0.15) is 5.82 Å². The van der Waals surface area contributed by atoms with Gasteiger partial charge >= 0.3 is 0 Å². The minimum absolute atomic E-state index is 0.347. The lowest BCUT2D eigenvalue weighted by Gasteiger charge is -2.03. The van der Waals surface area contributed by atoms with Crippen molar-refractivity contribution < 1.29 is 9.13 Å². The summed E-state index contributed by atoms with van der Waals surface area (Å²) in [5, 5.41) is 8.65. The van der Waals surface area contributed by atoms with Crippen molar-refractivity contribution in [3.63, 3.8) is 0 Å². The summed E-state index contributed by atoms with van der Waals surface area (Å²) in [4.78, 5) is 0. The lowest BCUT2D eigenvalue weighted by molar-refractivity contribution is 0.111. The van der Waals surface area contributed by atoms with Gasteiger partial charge in [0, 0.05) is 6.61 Å². The number of hydrogen-bond acceptors (Lipinski definition) is 2. The van der Waals surface area contributed by atoms with Crippen LogP contribution in [-0.2, 0) is 11.3 Å². The monoisotopic (exact) mass is 205 g/mol. The maximum absolute atomic E-state index is 13.0. The Bertz CT molecular complexity index is 393. The molecule has 0 aliphatic heterocycles. The van der Waals surface area contributed by atoms with Crippen molar-refractivity contribution in [3.8, 4) is 6.07 Å². The fourth-order valence-corrected chi connectivity index (χ4v) is 1.43. The van der Waals surface area contributed by atoms with Crippen molar-refractivity contribution in [1.82, 2.24) is 0 Å². The molecule has 78 valence electrons. The van der Waals surface area contributed by atoms with Crippen LogP contribution in [-0.4, -0.2) is 6.61 Å². The van der Waals surface area contributed by atoms with E-state index >= 15 is 0 Å². The lowest BCUT2D eigenvalue weighted by Crippen LogP contribution is -1.98. The van der Waals surface area contributed by atoms with E-state index in [1.54, 1.807) is 6.07 Å². The summed E-state index contributed by atoms with van der Waals surface area (Å²) < 4.78 is 18.4. The topological polar surface area (TPSA) is 33.0 Å². The van der Waals surface area contributed by atoms with Gasteiger partial charge in [-0.3, -0.25) is 0 Å². The van der Waals surface area contributed by atoms with E-state index in [1.165, 1.54) is 25.0 Å². The Morgan fingerprint density at radius 1 is 1.40 bits per heavy atom. The third-order valence-electron chi connectivity index (χ3n) is 2.41. The zero-order chi connectivity index (χ0) is 10.7. The van der Waals surface area contributed by atoms with Crippen molar-refractivity contribution >= 4 is 0 Å². The Labute approximate surface area is 88.3 Å². The highest BCUT2D eigenvalue weighted by molar-refractivity contribution is 5.33. The number of benzene rings is 1. The van der Waals surface area contributed by atoms with Crippen LogP contribution in [0.3, 0.4) is 0 Å². The normalized spacial score (nSPS) is 14.9. The van der Waals surface area contributed by atoms with Gasteiger partial charge < -0.3 is 4.74 Å². The third kappa shape index (κ3) is 3.03. The Balaban J connectivity index is 1.94. The SMILES string of the molecule is N#Cc1cc(F)cc(COCC2CC2)c1. The van der Waals surface area contributed by atoms with E-state index < -0.39 is 0 Å². The summed E-state index contributed by atoms with van der Waals surface area (Å²) in [5.41, 5.74) is 1.08. The molecule has 1 aromatic carbocycles. The van der Waals surface area contributed by atoms with Crippen LogP contribution in [0.1, 0.15) is 24.0 Å². The van der Waals surface area contributed by atoms with Crippen molar-refractivity contribution in [1.29, 1.82) is 5.26 Å². The molecule has 1 aliphatic carbocycles. The molecule has 0 aromatic heterocycles. The number of halogens is 1. The van der Waals surface area contributed by atoms with Crippen LogP contribution in [0.15, 0.2) is 18.2 Å². The van der Waals surface area contributed by atoms with Crippen molar-refractivity contribution in [2.45, 2.75) is 19.4 Å². The van der Waals surface area contributed by atoms with Crippen LogP contribution < -0.4 is 0 Å². The van der Waals surface area contributed by atoms with Gasteiger partial charge in [-0.05, 0) is 42.5 Å². The molecule has 1 saturated carbocycles. The van der Waals surface area contributed by atoms with E-state index in [2.05, 4.69) is 0 Å². The summed E-state index contributed by atoms with van der Waals surface area (Å²) in [6, 6.07) is 6.22. The fourth-order valence-electron chi connectivity index (χ4n) is 1.43. The molecule has 0 spiro atoms. The molecule has 0 atom stereocenters. The van der Waals surface area contributed by atoms with E-state index in [4.69, 9.17) is 10.00 Å². The number of nitriles is 1. The molecular weight excluding hydrogens is 193 g/mol. The van der Waals surface area contributed by atoms with E-state index in [1.807, 2.05) is 6.07 Å². The smallest absolute Gasteiger partial charge is 0.124 e. The zero-order valence-electron chi connectivity index (χ0n) is 8.37. The lowest BCUT2D eigenvalue weighted by atomic mass is 10.1. The highest BCUT2D eigenvalue weighted by Crippen LogP contribution is 2.29. The predicted molar refractivity (Wildman–Crippen MR) is 53.5 cm³/mol. The molecule has 2 rings (SSSR count). The Hall–Kier alpha value is -1.40. The molecule has 1 aliphatic rings. The van der Waals surface area contributed by atoms with Gasteiger partial charge in [-0.1, -0.05) is 0 Å². The summed E-state index contributed by atoms with van der Waals surface area (Å²) in [7, 11) is 0. The molecule has 0 saturated heterocycles. The highest BCUT2D eigenvalue weighted by Gasteiger charge is 2.21. The molecule has 0 amide bonds. The maximum Gasteiger partial charge on any atom is 0.124 e. The second-order valence-electron chi connectivity index (χ2n) is 3.92. The van der Waals surface area contributed by atoms with Crippen LogP contribution in [0, 0.1) is 23.1 Å². The van der Waals surface area contributed by atoms with E-state index in [0.29, 0.717) is 18.1 Å². The van der Waals surface area contributed by atoms with Crippen LogP contribution in [0.25, 0.3) is 0 Å². The van der Waals surface area contributed by atoms with Gasteiger partial charge in [0.25, 0.3) is 0 Å². The Morgan fingerprint density at radius 2 is 2.20 bits per heavy atom. The first-order chi connectivity index (χ1) is 7.28. The molecule has 1 aromatic rings. The molecule has 0 heterocycles. The van der Waals surface area contributed by atoms with Crippen molar-refractivity contribution in [2.24, 2.45) is 5.92 Å². The summed E-state index contributed by atoms with van der Waals surface area (Å²) in [6.45, 7) is 1.14. The number of rotatable bonds is 4. The van der Waals surface area contributed by atoms with Gasteiger partial charge in [0.15, 0.2) is 0 Å². The molecule has 0 N–H and O–H groups in total. The largest absolute Gasteiger partial charge is 0.376 e. The number of ether oxygens (including phenoxy) is 1. The second kappa shape index (κ2) is 4.41. The van der Waals surface area contributed by atoms with Crippen molar-refractivity contribution in [3.05, 3.63) is 35.1 Å². The molecule has 2 nitrogen and oxygen atoms in total. The van der Waals surface area contributed by atoms with E-state index in [0.717, 1.165) is 12.2 Å². The summed E-state index contributed by atoms with van der Waals surface area (Å²) in [6.07, 6.45) is 2.49. The third-order valence-corrected chi connectivity index (χ3v) is 2.41. The summed E-state index contributed by atoms with van der Waals surface area (Å²) in [5.74, 6) is 0.327. The number of hydrogen-bond donors (Lipinski definition) is 0. The fraction of sp³-hybridized carbons (Fsp3) is 0.417. The molecule has 0 bridgehead atoms. The number of nitrogens with zero attached hydrogens (tertiary/aromatic N) is 1. The van der Waals surface area contributed by atoms with Gasteiger partial charge in [-0.15, -0.1) is 0 Å². The summed E-state index contributed by atoms with van der Waals surface area (Å²) >= 11 is 0. The maximum atomic E-state index is 13.0. The second-order valence-corrected chi connectivity index (χ2v) is 3.92. The molecule has 0 radical (unpaired) electrons. The van der Waals surface area contributed by atoms with Crippen molar-refractivity contribution in [2.75, 3.05) is 6.61 Å². The molecule has 15 heavy (non-hydrogen) atoms. The first-order valence-electron chi connectivity index (χ1n) is 5.05. The van der Waals surface area contributed by atoms with Crippen LogP contribution in [0.5, 0.6) is 0 Å². The minimum Gasteiger partial charge on any atom is -0.376 e. The molecular formula is C12H12FNO. The van der Waals surface area contributed by atoms with Gasteiger partial charge in [-0.25, -0.2) is 4.39 Å². The minimum atomic E-state index is -0.376. The standard InChI is InChI=1S/C12H12FNO/c13-12-4-10(6-14)3-11(5-12)8-15-7-9-1-2-9/h3-5,9H,1-2,7-8H2. The molecule has 1 fully saturated rings. The van der Waals surface area contributed by atoms with E-state index in [-0.39, 0.29) is 5.82 Å². The Kier molecular flexibility index (Phi) is 2.98. The average molecular weight is 205 g/mol. The first-order valence-corrected chi connectivity index (χ1v) is 5.05. The Morgan fingerprint density at radius 3 is 2.87 bits per heavy atom. The average Bonchev–Trinajstić information content (AvgIpc) is 3.01. The van der Waals surface area contributed by atoms with E-state index in [9.17, 15) is 4.39 Å². The molecule has 0 unspecified atom stereocenters. The van der Waals surface area contributed by atoms with Gasteiger partial charge in [-0.2, -0.15) is 5.26 Å². The quantitative estimate of drug-likeness (QED) is 0.757. The highest BCUT2D eigenvalue weighted by atomic mass is 19.1. The van der Waals surface area contributed by atoms with Gasteiger partial charge in [0.05, 0.1) is 18.2 Å². The van der Waals surface area contributed by atoms with Crippen LogP contribution in [0.2, 0.25) is 0 Å². The van der Waals surface area contributed by atoms with Crippen LogP contribution >= 0.6 is 0 Å². The van der Waals surface area contributed by atoms with Crippen LogP contribution in [0.4, 0.5) is 4.39 Å². The zero-order valence-corrected chi connectivity index (χ0v) is 8.37. The molecule has 3 heteroatoms. The predicted octanol–water partition coefficient (Wildman–Crippen LogP) is 2.62.